The number of urea groups is 1. The van der Waals surface area contributed by atoms with Crippen molar-refractivity contribution in [3.05, 3.63) is 22.4 Å². The molecule has 1 atom stereocenters. The number of amides is 3. The van der Waals surface area contributed by atoms with Crippen molar-refractivity contribution in [2.75, 3.05) is 26.2 Å². The van der Waals surface area contributed by atoms with E-state index in [4.69, 9.17) is 4.74 Å². The molecule has 3 amide bonds. The highest BCUT2D eigenvalue weighted by Gasteiger charge is 2.19. The standard InChI is InChI=1S/C13H19N3O3S/c1-10-8-16(4-5-19-10)9-12(17)15-13(18)14-7-11-3-2-6-20-11/h2-3,6,10H,4-5,7-9H2,1H3,(H2,14,15,17,18). The van der Waals surface area contributed by atoms with Gasteiger partial charge in [0.05, 0.1) is 25.8 Å². The fourth-order valence-electron chi connectivity index (χ4n) is 2.03. The zero-order valence-corrected chi connectivity index (χ0v) is 12.2. The minimum absolute atomic E-state index is 0.129. The normalized spacial score (nSPS) is 19.6. The molecule has 1 aliphatic rings. The van der Waals surface area contributed by atoms with Crippen LogP contribution in [0, 0.1) is 0 Å². The number of ether oxygens (including phenoxy) is 1. The summed E-state index contributed by atoms with van der Waals surface area (Å²) in [6.45, 7) is 4.68. The third kappa shape index (κ3) is 4.92. The minimum Gasteiger partial charge on any atom is -0.376 e. The van der Waals surface area contributed by atoms with Crippen LogP contribution in [0.25, 0.3) is 0 Å². The Balaban J connectivity index is 1.67. The second kappa shape index (κ2) is 7.37. The van der Waals surface area contributed by atoms with E-state index in [1.54, 1.807) is 11.3 Å². The zero-order chi connectivity index (χ0) is 14.4. The van der Waals surface area contributed by atoms with Crippen molar-refractivity contribution < 1.29 is 14.3 Å². The first-order valence-electron chi connectivity index (χ1n) is 6.57. The molecule has 0 bridgehead atoms. The van der Waals surface area contributed by atoms with Gasteiger partial charge in [-0.3, -0.25) is 15.0 Å². The monoisotopic (exact) mass is 297 g/mol. The SMILES string of the molecule is CC1CN(CC(=O)NC(=O)NCc2cccs2)CCO1. The van der Waals surface area contributed by atoms with Gasteiger partial charge in [0.25, 0.3) is 0 Å². The van der Waals surface area contributed by atoms with Gasteiger partial charge in [0, 0.05) is 18.0 Å². The van der Waals surface area contributed by atoms with E-state index in [0.717, 1.165) is 4.88 Å². The molecule has 0 aliphatic carbocycles. The highest BCUT2D eigenvalue weighted by molar-refractivity contribution is 7.09. The van der Waals surface area contributed by atoms with Gasteiger partial charge in [-0.2, -0.15) is 0 Å². The van der Waals surface area contributed by atoms with Crippen LogP contribution in [0.1, 0.15) is 11.8 Å². The number of thiophene rings is 1. The van der Waals surface area contributed by atoms with Crippen LogP contribution in [0.15, 0.2) is 17.5 Å². The Labute approximate surface area is 122 Å². The van der Waals surface area contributed by atoms with Gasteiger partial charge in [-0.25, -0.2) is 4.79 Å². The highest BCUT2D eigenvalue weighted by atomic mass is 32.1. The van der Waals surface area contributed by atoms with Crippen molar-refractivity contribution in [3.8, 4) is 0 Å². The maximum absolute atomic E-state index is 11.7. The molecule has 1 saturated heterocycles. The summed E-state index contributed by atoms with van der Waals surface area (Å²) in [6.07, 6.45) is 0.129. The molecule has 1 unspecified atom stereocenters. The number of nitrogens with zero attached hydrogens (tertiary/aromatic N) is 1. The third-order valence-electron chi connectivity index (χ3n) is 2.95. The quantitative estimate of drug-likeness (QED) is 0.862. The molecule has 110 valence electrons. The maximum Gasteiger partial charge on any atom is 0.321 e. The Morgan fingerprint density at radius 2 is 2.40 bits per heavy atom. The van der Waals surface area contributed by atoms with Gasteiger partial charge in [-0.15, -0.1) is 11.3 Å². The second-order valence-electron chi connectivity index (χ2n) is 4.73. The molecule has 0 spiro atoms. The smallest absolute Gasteiger partial charge is 0.321 e. The number of rotatable bonds is 4. The Morgan fingerprint density at radius 3 is 3.10 bits per heavy atom. The molecule has 2 heterocycles. The van der Waals surface area contributed by atoms with Crippen molar-refractivity contribution in [1.82, 2.24) is 15.5 Å². The fourth-order valence-corrected chi connectivity index (χ4v) is 2.67. The summed E-state index contributed by atoms with van der Waals surface area (Å²) in [6, 6.07) is 3.40. The predicted molar refractivity (Wildman–Crippen MR) is 76.6 cm³/mol. The van der Waals surface area contributed by atoms with Crippen LogP contribution in [0.2, 0.25) is 0 Å². The van der Waals surface area contributed by atoms with E-state index in [-0.39, 0.29) is 18.6 Å². The lowest BCUT2D eigenvalue weighted by atomic mass is 10.3. The van der Waals surface area contributed by atoms with E-state index >= 15 is 0 Å². The van der Waals surface area contributed by atoms with Crippen molar-refractivity contribution in [3.63, 3.8) is 0 Å². The molecule has 1 aromatic heterocycles. The topological polar surface area (TPSA) is 70.7 Å². The van der Waals surface area contributed by atoms with Gasteiger partial charge in [0.15, 0.2) is 0 Å². The molecule has 20 heavy (non-hydrogen) atoms. The van der Waals surface area contributed by atoms with Crippen molar-refractivity contribution in [2.45, 2.75) is 19.6 Å². The molecule has 1 fully saturated rings. The van der Waals surface area contributed by atoms with Crippen LogP contribution in [0.4, 0.5) is 4.79 Å². The molecule has 1 aromatic rings. The summed E-state index contributed by atoms with van der Waals surface area (Å²) in [5.74, 6) is -0.289. The molecule has 0 saturated carbocycles. The summed E-state index contributed by atoms with van der Waals surface area (Å²) < 4.78 is 5.40. The number of hydrogen-bond acceptors (Lipinski definition) is 5. The zero-order valence-electron chi connectivity index (χ0n) is 11.4. The van der Waals surface area contributed by atoms with Gasteiger partial charge >= 0.3 is 6.03 Å². The fraction of sp³-hybridized carbons (Fsp3) is 0.538. The van der Waals surface area contributed by atoms with E-state index in [2.05, 4.69) is 10.6 Å². The first-order chi connectivity index (χ1) is 9.63. The van der Waals surface area contributed by atoms with Crippen molar-refractivity contribution in [1.29, 1.82) is 0 Å². The molecular weight excluding hydrogens is 278 g/mol. The van der Waals surface area contributed by atoms with Crippen LogP contribution >= 0.6 is 11.3 Å². The van der Waals surface area contributed by atoms with Gasteiger partial charge in [-0.1, -0.05) is 6.07 Å². The largest absolute Gasteiger partial charge is 0.376 e. The third-order valence-corrected chi connectivity index (χ3v) is 3.83. The van der Waals surface area contributed by atoms with Crippen LogP contribution in [0.3, 0.4) is 0 Å². The average molecular weight is 297 g/mol. The molecule has 1 aliphatic heterocycles. The molecule has 0 radical (unpaired) electrons. The summed E-state index contributed by atoms with van der Waals surface area (Å²) in [4.78, 5) is 26.3. The first-order valence-corrected chi connectivity index (χ1v) is 7.45. The molecule has 0 aromatic carbocycles. The van der Waals surface area contributed by atoms with E-state index in [9.17, 15) is 9.59 Å². The number of nitrogens with one attached hydrogen (secondary N) is 2. The van der Waals surface area contributed by atoms with Crippen molar-refractivity contribution in [2.24, 2.45) is 0 Å². The lowest BCUT2D eigenvalue weighted by molar-refractivity contribution is -0.122. The lowest BCUT2D eigenvalue weighted by Gasteiger charge is -2.30. The predicted octanol–water partition coefficient (Wildman–Crippen LogP) is 0.795. The number of imide groups is 1. The molecule has 2 rings (SSSR count). The van der Waals surface area contributed by atoms with Crippen LogP contribution in [-0.4, -0.2) is 49.2 Å². The summed E-state index contributed by atoms with van der Waals surface area (Å²) >= 11 is 1.56. The van der Waals surface area contributed by atoms with Gasteiger partial charge in [0.1, 0.15) is 0 Å². The van der Waals surface area contributed by atoms with Gasteiger partial charge in [-0.05, 0) is 18.4 Å². The Hall–Kier alpha value is -1.44. The Morgan fingerprint density at radius 1 is 1.55 bits per heavy atom. The highest BCUT2D eigenvalue weighted by Crippen LogP contribution is 2.07. The Kier molecular flexibility index (Phi) is 5.51. The van der Waals surface area contributed by atoms with E-state index in [0.29, 0.717) is 26.2 Å². The molecule has 7 heteroatoms. The van der Waals surface area contributed by atoms with Gasteiger partial charge < -0.3 is 10.1 Å². The van der Waals surface area contributed by atoms with E-state index in [1.807, 2.05) is 29.3 Å². The average Bonchev–Trinajstić information content (AvgIpc) is 2.89. The van der Waals surface area contributed by atoms with Crippen LogP contribution in [0.5, 0.6) is 0 Å². The number of hydrogen-bond donors (Lipinski definition) is 2. The molecule has 6 nitrogen and oxygen atoms in total. The number of carbonyl (C=O) groups excluding carboxylic acids is 2. The summed E-state index contributed by atoms with van der Waals surface area (Å²) in [5.41, 5.74) is 0. The first kappa shape index (κ1) is 15.0. The van der Waals surface area contributed by atoms with Crippen molar-refractivity contribution >= 4 is 23.3 Å². The number of carbonyl (C=O) groups is 2. The lowest BCUT2D eigenvalue weighted by Crippen LogP contribution is -2.48. The summed E-state index contributed by atoms with van der Waals surface area (Å²) in [7, 11) is 0. The van der Waals surface area contributed by atoms with Crippen LogP contribution < -0.4 is 10.6 Å². The second-order valence-corrected chi connectivity index (χ2v) is 5.76. The van der Waals surface area contributed by atoms with Crippen LogP contribution in [-0.2, 0) is 16.1 Å². The number of morpholine rings is 1. The maximum atomic E-state index is 11.7. The Bertz CT molecular complexity index is 450. The molecule has 2 N–H and O–H groups in total. The van der Waals surface area contributed by atoms with E-state index in [1.165, 1.54) is 0 Å². The van der Waals surface area contributed by atoms with Gasteiger partial charge in [0.2, 0.25) is 5.91 Å². The molecular formula is C13H19N3O3S. The summed E-state index contributed by atoms with van der Waals surface area (Å²) in [5, 5.41) is 6.94. The van der Waals surface area contributed by atoms with E-state index < -0.39 is 6.03 Å². The minimum atomic E-state index is -0.454.